The lowest BCUT2D eigenvalue weighted by Crippen LogP contribution is -2.38. The van der Waals surface area contributed by atoms with Crippen molar-refractivity contribution in [1.82, 2.24) is 10.2 Å². The molecule has 1 atom stereocenters. The third kappa shape index (κ3) is 2.72. The van der Waals surface area contributed by atoms with Crippen LogP contribution >= 0.6 is 0 Å². The fourth-order valence-corrected chi connectivity index (χ4v) is 2.05. The number of hydrogen-bond donors (Lipinski definition) is 2. The Hall–Kier alpha value is -2.14. The number of aliphatic hydroxyl groups is 1. The van der Waals surface area contributed by atoms with Crippen LogP contribution in [-0.2, 0) is 4.79 Å². The van der Waals surface area contributed by atoms with Gasteiger partial charge in [0.05, 0.1) is 0 Å². The van der Waals surface area contributed by atoms with E-state index in [4.69, 9.17) is 5.11 Å². The van der Waals surface area contributed by atoms with E-state index < -0.39 is 0 Å². The minimum absolute atomic E-state index is 0.00590. The molecule has 5 heteroatoms. The Labute approximate surface area is 117 Å². The topological polar surface area (TPSA) is 69.6 Å². The SMILES string of the molecule is C=C1c2ccccc2C(=O)N1CC(=O)NCC(C)CO. The van der Waals surface area contributed by atoms with Crippen molar-refractivity contribution < 1.29 is 14.7 Å². The Morgan fingerprint density at radius 2 is 2.05 bits per heavy atom. The van der Waals surface area contributed by atoms with Crippen molar-refractivity contribution in [2.24, 2.45) is 5.92 Å². The van der Waals surface area contributed by atoms with Gasteiger partial charge < -0.3 is 10.4 Å². The number of benzene rings is 1. The summed E-state index contributed by atoms with van der Waals surface area (Å²) < 4.78 is 0. The molecule has 0 saturated carbocycles. The molecule has 0 spiro atoms. The molecule has 0 bridgehead atoms. The van der Waals surface area contributed by atoms with Gasteiger partial charge in [-0.3, -0.25) is 14.5 Å². The van der Waals surface area contributed by atoms with Gasteiger partial charge in [0.2, 0.25) is 5.91 Å². The molecule has 5 nitrogen and oxygen atoms in total. The molecule has 2 rings (SSSR count). The largest absolute Gasteiger partial charge is 0.396 e. The summed E-state index contributed by atoms with van der Waals surface area (Å²) in [6.07, 6.45) is 0. The van der Waals surface area contributed by atoms with E-state index in [9.17, 15) is 9.59 Å². The summed E-state index contributed by atoms with van der Waals surface area (Å²) in [6.45, 7) is 6.06. The Balaban J connectivity index is 2.00. The number of aliphatic hydroxyl groups excluding tert-OH is 1. The molecule has 0 aromatic heterocycles. The van der Waals surface area contributed by atoms with Crippen LogP contribution in [0.3, 0.4) is 0 Å². The number of fused-ring (bicyclic) bond motifs is 1. The average Bonchev–Trinajstić information content (AvgIpc) is 2.70. The maximum Gasteiger partial charge on any atom is 0.259 e. The van der Waals surface area contributed by atoms with E-state index in [1.165, 1.54) is 4.90 Å². The van der Waals surface area contributed by atoms with Crippen LogP contribution < -0.4 is 5.32 Å². The van der Waals surface area contributed by atoms with Gasteiger partial charge in [-0.1, -0.05) is 31.7 Å². The summed E-state index contributed by atoms with van der Waals surface area (Å²) in [5, 5.41) is 11.6. The van der Waals surface area contributed by atoms with Crippen molar-refractivity contribution in [3.8, 4) is 0 Å². The second kappa shape index (κ2) is 5.88. The standard InChI is InChI=1S/C15H18N2O3/c1-10(9-18)7-16-14(19)8-17-11(2)12-5-3-4-6-13(12)15(17)20/h3-6,10,18H,2,7-9H2,1H3,(H,16,19). The number of carbonyl (C=O) groups excluding carboxylic acids is 2. The molecule has 1 aliphatic rings. The number of carbonyl (C=O) groups is 2. The van der Waals surface area contributed by atoms with Gasteiger partial charge in [0, 0.05) is 30.0 Å². The predicted octanol–water partition coefficient (Wildman–Crippen LogP) is 0.858. The van der Waals surface area contributed by atoms with E-state index in [-0.39, 0.29) is 30.9 Å². The minimum atomic E-state index is -0.257. The van der Waals surface area contributed by atoms with Crippen LogP contribution in [-0.4, -0.2) is 41.5 Å². The van der Waals surface area contributed by atoms with Crippen LogP contribution in [0.4, 0.5) is 0 Å². The van der Waals surface area contributed by atoms with Crippen molar-refractivity contribution in [2.75, 3.05) is 19.7 Å². The summed E-state index contributed by atoms with van der Waals surface area (Å²) >= 11 is 0. The first kappa shape index (κ1) is 14.3. The van der Waals surface area contributed by atoms with E-state index in [2.05, 4.69) is 11.9 Å². The van der Waals surface area contributed by atoms with Gasteiger partial charge >= 0.3 is 0 Å². The van der Waals surface area contributed by atoms with Crippen LogP contribution in [0.1, 0.15) is 22.8 Å². The number of rotatable bonds is 5. The van der Waals surface area contributed by atoms with Gasteiger partial charge in [-0.25, -0.2) is 0 Å². The zero-order chi connectivity index (χ0) is 14.7. The zero-order valence-electron chi connectivity index (χ0n) is 11.4. The monoisotopic (exact) mass is 274 g/mol. The summed E-state index contributed by atoms with van der Waals surface area (Å²) in [5.74, 6) is -0.461. The molecular weight excluding hydrogens is 256 g/mol. The summed E-state index contributed by atoms with van der Waals surface area (Å²) in [6, 6.07) is 7.18. The summed E-state index contributed by atoms with van der Waals surface area (Å²) in [7, 11) is 0. The van der Waals surface area contributed by atoms with Crippen molar-refractivity contribution in [3.63, 3.8) is 0 Å². The summed E-state index contributed by atoms with van der Waals surface area (Å²) in [5.41, 5.74) is 1.90. The fourth-order valence-electron chi connectivity index (χ4n) is 2.05. The Morgan fingerprint density at radius 3 is 2.65 bits per heavy atom. The first-order valence-corrected chi connectivity index (χ1v) is 6.52. The second-order valence-electron chi connectivity index (χ2n) is 4.98. The van der Waals surface area contributed by atoms with Gasteiger partial charge in [0.1, 0.15) is 6.54 Å². The molecule has 1 aliphatic heterocycles. The molecule has 1 aromatic carbocycles. The predicted molar refractivity (Wildman–Crippen MR) is 75.8 cm³/mol. The third-order valence-corrected chi connectivity index (χ3v) is 3.30. The van der Waals surface area contributed by atoms with Gasteiger partial charge in [-0.15, -0.1) is 0 Å². The third-order valence-electron chi connectivity index (χ3n) is 3.30. The first-order chi connectivity index (χ1) is 9.54. The highest BCUT2D eigenvalue weighted by Crippen LogP contribution is 2.30. The van der Waals surface area contributed by atoms with Crippen LogP contribution in [0.15, 0.2) is 30.8 Å². The molecular formula is C15H18N2O3. The van der Waals surface area contributed by atoms with E-state index in [0.29, 0.717) is 17.8 Å². The fraction of sp³-hybridized carbons (Fsp3) is 0.333. The molecule has 0 radical (unpaired) electrons. The maximum atomic E-state index is 12.2. The number of nitrogens with one attached hydrogen (secondary N) is 1. The van der Waals surface area contributed by atoms with Crippen molar-refractivity contribution in [3.05, 3.63) is 42.0 Å². The lowest BCUT2D eigenvalue weighted by Gasteiger charge is -2.17. The number of amides is 2. The van der Waals surface area contributed by atoms with Crippen molar-refractivity contribution >= 4 is 17.5 Å². The van der Waals surface area contributed by atoms with E-state index in [1.807, 2.05) is 19.1 Å². The van der Waals surface area contributed by atoms with Crippen LogP contribution in [0.2, 0.25) is 0 Å². The Morgan fingerprint density at radius 1 is 1.40 bits per heavy atom. The minimum Gasteiger partial charge on any atom is -0.396 e. The van der Waals surface area contributed by atoms with Crippen molar-refractivity contribution in [2.45, 2.75) is 6.92 Å². The normalized spacial score (nSPS) is 15.2. The molecule has 0 saturated heterocycles. The van der Waals surface area contributed by atoms with Gasteiger partial charge in [0.15, 0.2) is 0 Å². The Bertz CT molecular complexity index is 519. The number of hydrogen-bond acceptors (Lipinski definition) is 3. The molecule has 0 fully saturated rings. The highest BCUT2D eigenvalue weighted by molar-refractivity contribution is 6.10. The number of nitrogens with zero attached hydrogens (tertiary/aromatic N) is 1. The smallest absolute Gasteiger partial charge is 0.259 e. The summed E-state index contributed by atoms with van der Waals surface area (Å²) in [4.78, 5) is 25.4. The maximum absolute atomic E-state index is 12.2. The molecule has 20 heavy (non-hydrogen) atoms. The van der Waals surface area contributed by atoms with Gasteiger partial charge in [-0.2, -0.15) is 0 Å². The second-order valence-corrected chi connectivity index (χ2v) is 4.98. The molecule has 2 amide bonds. The van der Waals surface area contributed by atoms with Crippen LogP contribution in [0, 0.1) is 5.92 Å². The molecule has 106 valence electrons. The Kier molecular flexibility index (Phi) is 4.20. The molecule has 0 aliphatic carbocycles. The van der Waals surface area contributed by atoms with E-state index in [0.717, 1.165) is 5.56 Å². The quantitative estimate of drug-likeness (QED) is 0.836. The van der Waals surface area contributed by atoms with Gasteiger partial charge in [-0.05, 0) is 12.0 Å². The average molecular weight is 274 g/mol. The van der Waals surface area contributed by atoms with Crippen LogP contribution in [0.5, 0.6) is 0 Å². The molecule has 1 unspecified atom stereocenters. The zero-order valence-corrected chi connectivity index (χ0v) is 11.4. The molecule has 1 heterocycles. The first-order valence-electron chi connectivity index (χ1n) is 6.52. The van der Waals surface area contributed by atoms with Crippen LogP contribution in [0.25, 0.3) is 5.70 Å². The van der Waals surface area contributed by atoms with Crippen molar-refractivity contribution in [1.29, 1.82) is 0 Å². The van der Waals surface area contributed by atoms with Gasteiger partial charge in [0.25, 0.3) is 5.91 Å². The van der Waals surface area contributed by atoms with E-state index >= 15 is 0 Å². The highest BCUT2D eigenvalue weighted by atomic mass is 16.3. The lowest BCUT2D eigenvalue weighted by atomic mass is 10.1. The molecule has 1 aromatic rings. The van der Waals surface area contributed by atoms with E-state index in [1.54, 1.807) is 12.1 Å². The lowest BCUT2D eigenvalue weighted by molar-refractivity contribution is -0.121. The highest BCUT2D eigenvalue weighted by Gasteiger charge is 2.31. The molecule has 2 N–H and O–H groups in total.